The molecule has 0 radical (unpaired) electrons. The zero-order valence-electron chi connectivity index (χ0n) is 21.9. The molecule has 2 heterocycles. The van der Waals surface area contributed by atoms with Crippen LogP contribution in [0.1, 0.15) is 54.4 Å². The van der Waals surface area contributed by atoms with Crippen LogP contribution in [0.25, 0.3) is 10.9 Å². The van der Waals surface area contributed by atoms with E-state index in [2.05, 4.69) is 50.5 Å². The topological polar surface area (TPSA) is 106 Å². The first-order valence-electron chi connectivity index (χ1n) is 12.7. The number of nitrogens with one attached hydrogen (secondary N) is 1. The van der Waals surface area contributed by atoms with Crippen molar-refractivity contribution in [3.63, 3.8) is 0 Å². The molecule has 2 aromatic heterocycles. The van der Waals surface area contributed by atoms with Crippen molar-refractivity contribution in [2.45, 2.75) is 59.7 Å². The number of carbonyl (C=O) groups excluding carboxylic acids is 1. The fraction of sp³-hybridized carbons (Fsp3) is 0.393. The maximum absolute atomic E-state index is 13.2. The highest BCUT2D eigenvalue weighted by Crippen LogP contribution is 2.26. The summed E-state index contributed by atoms with van der Waals surface area (Å²) in [5.74, 6) is 0.186. The van der Waals surface area contributed by atoms with Gasteiger partial charge in [-0.1, -0.05) is 49.4 Å². The number of pyridine rings is 1. The van der Waals surface area contributed by atoms with E-state index in [-0.39, 0.29) is 18.1 Å². The Hall–Kier alpha value is -3.85. The molecule has 194 valence electrons. The van der Waals surface area contributed by atoms with Gasteiger partial charge in [-0.2, -0.15) is 0 Å². The van der Waals surface area contributed by atoms with Crippen molar-refractivity contribution in [3.05, 3.63) is 87.0 Å². The molecule has 0 spiro atoms. The van der Waals surface area contributed by atoms with E-state index in [1.165, 1.54) is 10.2 Å². The highest BCUT2D eigenvalue weighted by atomic mass is 16.5. The Kier molecular flexibility index (Phi) is 8.45. The Labute approximate surface area is 216 Å². The van der Waals surface area contributed by atoms with Crippen LogP contribution < -0.4 is 5.56 Å². The average Bonchev–Trinajstić information content (AvgIpc) is 3.34. The van der Waals surface area contributed by atoms with Gasteiger partial charge in [0.2, 0.25) is 0 Å². The maximum atomic E-state index is 13.2. The zero-order chi connectivity index (χ0) is 26.4. The molecule has 0 saturated heterocycles. The minimum atomic E-state index is -0.390. The molecule has 0 amide bonds. The van der Waals surface area contributed by atoms with Crippen molar-refractivity contribution in [2.24, 2.45) is 0 Å². The molecule has 9 nitrogen and oxygen atoms in total. The molecule has 0 aliphatic heterocycles. The number of aromatic amines is 1. The van der Waals surface area contributed by atoms with Gasteiger partial charge in [0.25, 0.3) is 5.56 Å². The second-order valence-electron chi connectivity index (χ2n) is 9.23. The number of aromatic nitrogens is 5. The van der Waals surface area contributed by atoms with Gasteiger partial charge in [0.1, 0.15) is 6.54 Å². The predicted octanol–water partition coefficient (Wildman–Crippen LogP) is 3.89. The molecule has 4 aromatic rings. The number of benzene rings is 2. The van der Waals surface area contributed by atoms with Gasteiger partial charge in [-0.05, 0) is 72.2 Å². The Bertz CT molecular complexity index is 1410. The highest BCUT2D eigenvalue weighted by Gasteiger charge is 2.26. The van der Waals surface area contributed by atoms with Crippen LogP contribution in [0.3, 0.4) is 0 Å². The van der Waals surface area contributed by atoms with E-state index in [0.717, 1.165) is 28.5 Å². The van der Waals surface area contributed by atoms with Crippen LogP contribution in [0.4, 0.5) is 0 Å². The van der Waals surface area contributed by atoms with Crippen molar-refractivity contribution in [2.75, 3.05) is 13.2 Å². The summed E-state index contributed by atoms with van der Waals surface area (Å²) in [5, 5.41) is 13.2. The minimum absolute atomic E-state index is 0.0611. The third-order valence-electron chi connectivity index (χ3n) is 6.80. The summed E-state index contributed by atoms with van der Waals surface area (Å²) < 4.78 is 6.60. The lowest BCUT2D eigenvalue weighted by Crippen LogP contribution is -2.34. The lowest BCUT2D eigenvalue weighted by molar-refractivity contribution is -0.144. The molecule has 4 rings (SSSR count). The van der Waals surface area contributed by atoms with Crippen LogP contribution in [0.15, 0.2) is 53.3 Å². The molecule has 0 aliphatic rings. The van der Waals surface area contributed by atoms with E-state index >= 15 is 0 Å². The minimum Gasteiger partial charge on any atom is -0.465 e. The number of nitrogens with zero attached hydrogens (tertiary/aromatic N) is 5. The number of fused-ring (bicyclic) bond motifs is 1. The third kappa shape index (κ3) is 6.11. The molecule has 1 N–H and O–H groups in total. The monoisotopic (exact) mass is 502 g/mol. The Morgan fingerprint density at radius 3 is 2.65 bits per heavy atom. The lowest BCUT2D eigenvalue weighted by atomic mass is 10.0. The van der Waals surface area contributed by atoms with Crippen LogP contribution in [-0.2, 0) is 29.0 Å². The Morgan fingerprint density at radius 2 is 1.92 bits per heavy atom. The zero-order valence-corrected chi connectivity index (χ0v) is 21.9. The molecule has 37 heavy (non-hydrogen) atoms. The number of hydrogen-bond donors (Lipinski definition) is 1. The van der Waals surface area contributed by atoms with Gasteiger partial charge in [0.15, 0.2) is 5.82 Å². The van der Waals surface area contributed by atoms with Crippen molar-refractivity contribution in [1.29, 1.82) is 0 Å². The van der Waals surface area contributed by atoms with Crippen LogP contribution in [0.2, 0.25) is 0 Å². The average molecular weight is 503 g/mol. The Morgan fingerprint density at radius 1 is 1.14 bits per heavy atom. The molecule has 0 saturated carbocycles. The number of esters is 1. The summed E-state index contributed by atoms with van der Waals surface area (Å²) >= 11 is 0. The molecule has 0 fully saturated rings. The summed E-state index contributed by atoms with van der Waals surface area (Å²) in [6, 6.07) is 16.1. The number of ether oxygens (including phenoxy) is 1. The van der Waals surface area contributed by atoms with Crippen molar-refractivity contribution >= 4 is 16.9 Å². The first-order chi connectivity index (χ1) is 17.9. The van der Waals surface area contributed by atoms with Gasteiger partial charge in [-0.3, -0.25) is 14.5 Å². The lowest BCUT2D eigenvalue weighted by Gasteiger charge is -2.30. The fourth-order valence-electron chi connectivity index (χ4n) is 4.66. The van der Waals surface area contributed by atoms with Gasteiger partial charge >= 0.3 is 5.97 Å². The van der Waals surface area contributed by atoms with Crippen LogP contribution >= 0.6 is 0 Å². The van der Waals surface area contributed by atoms with Gasteiger partial charge in [-0.15, -0.1) is 5.10 Å². The molecular formula is C28H34N6O3. The molecule has 0 aliphatic carbocycles. The second kappa shape index (κ2) is 11.9. The first kappa shape index (κ1) is 26.2. The number of tetrazole rings is 1. The molecule has 1 atom stereocenters. The number of carbonyl (C=O) groups is 1. The van der Waals surface area contributed by atoms with E-state index in [4.69, 9.17) is 4.74 Å². The SMILES string of the molecule is CCOC(=O)Cn1nnnc1[C@@H](CC)N(CCc1ccccc1)Cc1cc2ccc(C)c(C)c2[nH]c1=O. The number of hydrogen-bond acceptors (Lipinski definition) is 7. The summed E-state index contributed by atoms with van der Waals surface area (Å²) in [5.41, 5.74) is 4.85. The fourth-order valence-corrected chi connectivity index (χ4v) is 4.66. The second-order valence-corrected chi connectivity index (χ2v) is 9.23. The largest absolute Gasteiger partial charge is 0.465 e. The van der Waals surface area contributed by atoms with Crippen molar-refractivity contribution in [3.8, 4) is 0 Å². The van der Waals surface area contributed by atoms with Crippen LogP contribution in [-0.4, -0.2) is 49.2 Å². The smallest absolute Gasteiger partial charge is 0.327 e. The molecule has 2 aromatic carbocycles. The number of H-pyrrole nitrogens is 1. The molecule has 9 heteroatoms. The predicted molar refractivity (Wildman–Crippen MR) is 142 cm³/mol. The van der Waals surface area contributed by atoms with Gasteiger partial charge < -0.3 is 9.72 Å². The first-order valence-corrected chi connectivity index (χ1v) is 12.7. The van der Waals surface area contributed by atoms with Gasteiger partial charge in [0.05, 0.1) is 18.2 Å². The quantitative estimate of drug-likeness (QED) is 0.310. The summed E-state index contributed by atoms with van der Waals surface area (Å²) in [6.45, 7) is 9.21. The Balaban J connectivity index is 1.69. The maximum Gasteiger partial charge on any atom is 0.327 e. The van der Waals surface area contributed by atoms with E-state index < -0.39 is 5.97 Å². The van der Waals surface area contributed by atoms with Crippen LogP contribution in [0, 0.1) is 13.8 Å². The van der Waals surface area contributed by atoms with Crippen LogP contribution in [0.5, 0.6) is 0 Å². The van der Waals surface area contributed by atoms with E-state index in [9.17, 15) is 9.59 Å². The summed E-state index contributed by atoms with van der Waals surface area (Å²) in [6.07, 6.45) is 1.49. The number of rotatable bonds is 11. The van der Waals surface area contributed by atoms with E-state index in [1.54, 1.807) is 6.92 Å². The summed E-state index contributed by atoms with van der Waals surface area (Å²) in [7, 11) is 0. The highest BCUT2D eigenvalue weighted by molar-refractivity contribution is 5.83. The normalized spacial score (nSPS) is 12.2. The molecular weight excluding hydrogens is 468 g/mol. The van der Waals surface area contributed by atoms with Gasteiger partial charge in [0, 0.05) is 18.7 Å². The van der Waals surface area contributed by atoms with E-state index in [0.29, 0.717) is 37.5 Å². The third-order valence-corrected chi connectivity index (χ3v) is 6.80. The van der Waals surface area contributed by atoms with Crippen molar-refractivity contribution in [1.82, 2.24) is 30.1 Å². The summed E-state index contributed by atoms with van der Waals surface area (Å²) in [4.78, 5) is 30.7. The number of aryl methyl sites for hydroxylation is 2. The van der Waals surface area contributed by atoms with Crippen molar-refractivity contribution < 1.29 is 9.53 Å². The molecule has 0 unspecified atom stereocenters. The molecule has 0 bridgehead atoms. The van der Waals surface area contributed by atoms with Gasteiger partial charge in [-0.25, -0.2) is 4.68 Å². The standard InChI is InChI=1S/C28H34N6O3/c1-5-24(27-30-31-32-34(27)18-25(35)37-6-2)33(15-14-21-10-8-7-9-11-21)17-23-16-22-13-12-19(3)20(4)26(22)29-28(23)36/h7-13,16,24H,5-6,14-15,17-18H2,1-4H3,(H,29,36)/t24-/m1/s1. The van der Waals surface area contributed by atoms with E-state index in [1.807, 2.05) is 44.2 Å².